The Morgan fingerprint density at radius 1 is 1.19 bits per heavy atom. The number of nitrogens with zero attached hydrogens (tertiary/aromatic N) is 1. The van der Waals surface area contributed by atoms with E-state index in [1.165, 1.54) is 0 Å². The lowest BCUT2D eigenvalue weighted by molar-refractivity contribution is -0.119. The van der Waals surface area contributed by atoms with Gasteiger partial charge in [0.1, 0.15) is 5.52 Å². The number of rotatable bonds is 3. The topological polar surface area (TPSA) is 89.3 Å². The monoisotopic (exact) mass is 390 g/mol. The first kappa shape index (κ1) is 17.1. The van der Waals surface area contributed by atoms with Crippen LogP contribution >= 0.6 is 11.6 Å². The second-order valence-electron chi connectivity index (χ2n) is 6.30. The van der Waals surface area contributed by atoms with Gasteiger partial charge >= 0.3 is 0 Å². The summed E-state index contributed by atoms with van der Waals surface area (Å²) in [6.45, 7) is 0. The molecular weight excluding hydrogens is 376 g/mol. The highest BCUT2D eigenvalue weighted by Gasteiger charge is 2.32. The molecular formula is C18H15ClN2O4S. The van der Waals surface area contributed by atoms with Crippen molar-refractivity contribution in [3.8, 4) is 11.5 Å². The SMILES string of the molecule is O=C(Nc1ccc(-c2nc3ccc(Cl)cc3o2)cc1)C1CCS(=O)(=O)C1. The standard InChI is InChI=1S/C18H15ClN2O4S/c19-13-3-6-15-16(9-13)25-18(21-15)11-1-4-14(5-2-11)20-17(22)12-7-8-26(23,24)10-12/h1-6,9,12H,7-8,10H2,(H,20,22). The van der Waals surface area contributed by atoms with E-state index in [1.807, 2.05) is 0 Å². The minimum atomic E-state index is -3.08. The maximum absolute atomic E-state index is 12.2. The average molecular weight is 391 g/mol. The number of sulfone groups is 1. The number of halogens is 1. The number of oxazole rings is 1. The van der Waals surface area contributed by atoms with Crippen LogP contribution in [-0.4, -0.2) is 30.8 Å². The highest BCUT2D eigenvalue weighted by molar-refractivity contribution is 7.91. The number of hydrogen-bond donors (Lipinski definition) is 1. The number of benzene rings is 2. The molecule has 2 aromatic carbocycles. The Kier molecular flexibility index (Phi) is 4.20. The van der Waals surface area contributed by atoms with Gasteiger partial charge in [-0.1, -0.05) is 11.6 Å². The summed E-state index contributed by atoms with van der Waals surface area (Å²) in [6.07, 6.45) is 0.373. The van der Waals surface area contributed by atoms with Gasteiger partial charge in [-0.05, 0) is 42.8 Å². The predicted octanol–water partition coefficient (Wildman–Crippen LogP) is 3.52. The van der Waals surface area contributed by atoms with Gasteiger partial charge in [0.25, 0.3) is 0 Å². The van der Waals surface area contributed by atoms with Crippen LogP contribution in [0.25, 0.3) is 22.6 Å². The van der Waals surface area contributed by atoms with Crippen molar-refractivity contribution in [2.24, 2.45) is 5.92 Å². The van der Waals surface area contributed by atoms with Gasteiger partial charge in [0.2, 0.25) is 11.8 Å². The molecule has 1 aliphatic heterocycles. The molecule has 1 fully saturated rings. The minimum absolute atomic E-state index is 0.0752. The normalized spacial score (nSPS) is 18.9. The summed E-state index contributed by atoms with van der Waals surface area (Å²) in [4.78, 5) is 16.6. The molecule has 3 aromatic rings. The Balaban J connectivity index is 1.50. The Hall–Kier alpha value is -2.38. The molecule has 0 saturated carbocycles. The first-order valence-corrected chi connectivity index (χ1v) is 10.3. The zero-order valence-corrected chi connectivity index (χ0v) is 15.2. The van der Waals surface area contributed by atoms with Crippen LogP contribution in [0.3, 0.4) is 0 Å². The van der Waals surface area contributed by atoms with Gasteiger partial charge in [0, 0.05) is 22.3 Å². The van der Waals surface area contributed by atoms with E-state index in [0.29, 0.717) is 34.1 Å². The minimum Gasteiger partial charge on any atom is -0.436 e. The molecule has 1 aliphatic rings. The smallest absolute Gasteiger partial charge is 0.228 e. The highest BCUT2D eigenvalue weighted by Crippen LogP contribution is 2.27. The number of carbonyl (C=O) groups excluding carboxylic acids is 1. The van der Waals surface area contributed by atoms with Crippen molar-refractivity contribution in [1.29, 1.82) is 0 Å². The summed E-state index contributed by atoms with van der Waals surface area (Å²) < 4.78 is 28.7. The molecule has 4 rings (SSSR count). The molecule has 2 heterocycles. The van der Waals surface area contributed by atoms with Gasteiger partial charge in [-0.3, -0.25) is 4.79 Å². The molecule has 1 unspecified atom stereocenters. The summed E-state index contributed by atoms with van der Waals surface area (Å²) in [5.41, 5.74) is 2.68. The van der Waals surface area contributed by atoms with Crippen LogP contribution in [-0.2, 0) is 14.6 Å². The van der Waals surface area contributed by atoms with Crippen LogP contribution in [0, 0.1) is 5.92 Å². The number of carbonyl (C=O) groups is 1. The van der Waals surface area contributed by atoms with E-state index in [1.54, 1.807) is 42.5 Å². The molecule has 8 heteroatoms. The quantitative estimate of drug-likeness (QED) is 0.739. The summed E-state index contributed by atoms with van der Waals surface area (Å²) in [5.74, 6) is -0.299. The molecule has 0 radical (unpaired) electrons. The summed E-state index contributed by atoms with van der Waals surface area (Å²) in [6, 6.07) is 12.3. The second-order valence-corrected chi connectivity index (χ2v) is 8.96. The second kappa shape index (κ2) is 6.41. The molecule has 1 atom stereocenters. The van der Waals surface area contributed by atoms with E-state index in [4.69, 9.17) is 16.0 Å². The Morgan fingerprint density at radius 2 is 1.96 bits per heavy atom. The largest absolute Gasteiger partial charge is 0.436 e. The third-order valence-electron chi connectivity index (χ3n) is 4.35. The van der Waals surface area contributed by atoms with E-state index in [9.17, 15) is 13.2 Å². The van der Waals surface area contributed by atoms with Gasteiger partial charge in [0.05, 0.1) is 17.4 Å². The fourth-order valence-corrected chi connectivity index (χ4v) is 4.87. The highest BCUT2D eigenvalue weighted by atomic mass is 35.5. The predicted molar refractivity (Wildman–Crippen MR) is 99.8 cm³/mol. The third kappa shape index (κ3) is 3.45. The lowest BCUT2D eigenvalue weighted by atomic mass is 10.1. The Bertz CT molecular complexity index is 1090. The van der Waals surface area contributed by atoms with Crippen molar-refractivity contribution in [3.05, 3.63) is 47.5 Å². The van der Waals surface area contributed by atoms with Crippen molar-refractivity contribution >= 4 is 44.1 Å². The van der Waals surface area contributed by atoms with Crippen LogP contribution in [0.1, 0.15) is 6.42 Å². The molecule has 1 aromatic heterocycles. The van der Waals surface area contributed by atoms with Crippen LogP contribution in [0.15, 0.2) is 46.9 Å². The van der Waals surface area contributed by atoms with Crippen LogP contribution in [0.2, 0.25) is 5.02 Å². The van der Waals surface area contributed by atoms with Crippen LogP contribution in [0.5, 0.6) is 0 Å². The zero-order chi connectivity index (χ0) is 18.3. The molecule has 1 amide bonds. The molecule has 6 nitrogen and oxygen atoms in total. The molecule has 0 aliphatic carbocycles. The maximum atomic E-state index is 12.2. The van der Waals surface area contributed by atoms with Gasteiger partial charge in [-0.2, -0.15) is 0 Å². The van der Waals surface area contributed by atoms with Crippen molar-refractivity contribution < 1.29 is 17.6 Å². The number of nitrogens with one attached hydrogen (secondary N) is 1. The first-order valence-electron chi connectivity index (χ1n) is 8.07. The van der Waals surface area contributed by atoms with Gasteiger partial charge in [-0.15, -0.1) is 0 Å². The van der Waals surface area contributed by atoms with Crippen molar-refractivity contribution in [2.75, 3.05) is 16.8 Å². The number of anilines is 1. The maximum Gasteiger partial charge on any atom is 0.228 e. The summed E-state index contributed by atoms with van der Waals surface area (Å²) in [7, 11) is -3.08. The molecule has 1 saturated heterocycles. The lowest BCUT2D eigenvalue weighted by Gasteiger charge is -2.09. The summed E-state index contributed by atoms with van der Waals surface area (Å²) >= 11 is 5.95. The third-order valence-corrected chi connectivity index (χ3v) is 6.36. The van der Waals surface area contributed by atoms with Crippen LogP contribution in [0.4, 0.5) is 5.69 Å². The van der Waals surface area contributed by atoms with Gasteiger partial charge < -0.3 is 9.73 Å². The fourth-order valence-electron chi connectivity index (χ4n) is 2.96. The van der Waals surface area contributed by atoms with E-state index < -0.39 is 15.8 Å². The number of amides is 1. The zero-order valence-electron chi connectivity index (χ0n) is 13.6. The molecule has 0 spiro atoms. The van der Waals surface area contributed by atoms with E-state index in [2.05, 4.69) is 10.3 Å². The summed E-state index contributed by atoms with van der Waals surface area (Å²) in [5, 5.41) is 3.34. The lowest BCUT2D eigenvalue weighted by Crippen LogP contribution is -2.23. The first-order chi connectivity index (χ1) is 12.4. The van der Waals surface area contributed by atoms with Gasteiger partial charge in [0.15, 0.2) is 15.4 Å². The average Bonchev–Trinajstić information content (AvgIpc) is 3.18. The molecule has 1 N–H and O–H groups in total. The van der Waals surface area contributed by atoms with Gasteiger partial charge in [-0.25, -0.2) is 13.4 Å². The van der Waals surface area contributed by atoms with Crippen molar-refractivity contribution in [3.63, 3.8) is 0 Å². The van der Waals surface area contributed by atoms with E-state index in [0.717, 1.165) is 5.56 Å². The van der Waals surface area contributed by atoms with Crippen molar-refractivity contribution in [2.45, 2.75) is 6.42 Å². The molecule has 26 heavy (non-hydrogen) atoms. The molecule has 0 bridgehead atoms. The Morgan fingerprint density at radius 3 is 2.65 bits per heavy atom. The number of aromatic nitrogens is 1. The van der Waals surface area contributed by atoms with Crippen LogP contribution < -0.4 is 5.32 Å². The fraction of sp³-hybridized carbons (Fsp3) is 0.222. The molecule has 134 valence electrons. The number of hydrogen-bond acceptors (Lipinski definition) is 5. The van der Waals surface area contributed by atoms with E-state index in [-0.39, 0.29) is 17.4 Å². The van der Waals surface area contributed by atoms with Crippen molar-refractivity contribution in [1.82, 2.24) is 4.98 Å². The van der Waals surface area contributed by atoms with E-state index >= 15 is 0 Å². The number of fused-ring (bicyclic) bond motifs is 1. The Labute approximate surface area is 155 Å².